The molecule has 0 atom stereocenters. The van der Waals surface area contributed by atoms with Gasteiger partial charge in [0.05, 0.1) is 17.9 Å². The predicted octanol–water partition coefficient (Wildman–Crippen LogP) is 3.55. The molecule has 32 heavy (non-hydrogen) atoms. The highest BCUT2D eigenvalue weighted by atomic mass is 19.1. The smallest absolute Gasteiger partial charge is 0.341 e. The van der Waals surface area contributed by atoms with E-state index in [1.807, 2.05) is 20.8 Å². The monoisotopic (exact) mass is 445 g/mol. The molecule has 3 rings (SSSR count). The van der Waals surface area contributed by atoms with Crippen LogP contribution in [0.4, 0.5) is 4.39 Å². The predicted molar refractivity (Wildman–Crippen MR) is 118 cm³/mol. The van der Waals surface area contributed by atoms with E-state index in [0.717, 1.165) is 24.1 Å². The van der Waals surface area contributed by atoms with Crippen molar-refractivity contribution < 1.29 is 23.5 Å². The summed E-state index contributed by atoms with van der Waals surface area (Å²) in [5.74, 6) is -1.41. The molecule has 7 nitrogen and oxygen atoms in total. The Morgan fingerprint density at radius 1 is 1.28 bits per heavy atom. The summed E-state index contributed by atoms with van der Waals surface area (Å²) in [6.45, 7) is 8.39. The number of hydrogen-bond acceptors (Lipinski definition) is 5. The van der Waals surface area contributed by atoms with Crippen molar-refractivity contribution >= 4 is 11.9 Å². The lowest BCUT2D eigenvalue weighted by atomic mass is 9.86. The van der Waals surface area contributed by atoms with Crippen molar-refractivity contribution in [2.75, 3.05) is 26.4 Å². The van der Waals surface area contributed by atoms with Gasteiger partial charge in [-0.1, -0.05) is 26.0 Å². The molecule has 2 heterocycles. The van der Waals surface area contributed by atoms with Gasteiger partial charge in [-0.05, 0) is 38.3 Å². The van der Waals surface area contributed by atoms with Gasteiger partial charge in [-0.2, -0.15) is 5.10 Å². The fraction of sp³-hybridized carbons (Fsp3) is 0.542. The number of nitrogens with zero attached hydrogens (tertiary/aromatic N) is 2. The first-order valence-electron chi connectivity index (χ1n) is 11.2. The summed E-state index contributed by atoms with van der Waals surface area (Å²) in [6.07, 6.45) is 2.77. The summed E-state index contributed by atoms with van der Waals surface area (Å²) < 4.78 is 26.7. The first kappa shape index (κ1) is 23.9. The number of nitrogens with one attached hydrogen (secondary N) is 1. The Morgan fingerprint density at radius 2 is 2.03 bits per heavy atom. The minimum Gasteiger partial charge on any atom is -0.461 e. The Labute approximate surface area is 188 Å². The van der Waals surface area contributed by atoms with Crippen molar-refractivity contribution in [2.24, 2.45) is 5.41 Å². The highest BCUT2D eigenvalue weighted by molar-refractivity contribution is 5.94. The van der Waals surface area contributed by atoms with Crippen LogP contribution in [0, 0.1) is 11.2 Å². The molecule has 1 aromatic heterocycles. The molecule has 1 N–H and O–H groups in total. The fourth-order valence-corrected chi connectivity index (χ4v) is 3.82. The quantitative estimate of drug-likeness (QED) is 0.688. The third kappa shape index (κ3) is 5.94. The number of halogens is 1. The summed E-state index contributed by atoms with van der Waals surface area (Å²) in [4.78, 5) is 25.2. The number of hydrogen-bond donors (Lipinski definition) is 1. The molecule has 1 amide bonds. The Kier molecular flexibility index (Phi) is 8.01. The van der Waals surface area contributed by atoms with Crippen LogP contribution < -0.4 is 5.32 Å². The molecule has 1 aliphatic rings. The highest BCUT2D eigenvalue weighted by Gasteiger charge is 2.29. The zero-order valence-corrected chi connectivity index (χ0v) is 19.1. The van der Waals surface area contributed by atoms with E-state index < -0.39 is 17.2 Å². The van der Waals surface area contributed by atoms with E-state index in [1.165, 1.54) is 18.2 Å². The molecule has 0 saturated carbocycles. The van der Waals surface area contributed by atoms with Crippen LogP contribution in [0.1, 0.15) is 65.7 Å². The minimum atomic E-state index is -0.689. The summed E-state index contributed by atoms with van der Waals surface area (Å²) >= 11 is 0. The molecule has 0 fully saturated rings. The van der Waals surface area contributed by atoms with Crippen LogP contribution in [0.5, 0.6) is 0 Å². The number of amides is 1. The van der Waals surface area contributed by atoms with Crippen molar-refractivity contribution in [1.29, 1.82) is 0 Å². The second-order valence-corrected chi connectivity index (χ2v) is 8.81. The fourth-order valence-electron chi connectivity index (χ4n) is 3.82. The maximum Gasteiger partial charge on any atom is 0.341 e. The molecular formula is C24H32FN3O4. The van der Waals surface area contributed by atoms with Gasteiger partial charge in [-0.25, -0.2) is 9.18 Å². The Bertz CT molecular complexity index is 955. The van der Waals surface area contributed by atoms with Gasteiger partial charge < -0.3 is 14.8 Å². The molecule has 0 spiro atoms. The summed E-state index contributed by atoms with van der Waals surface area (Å²) in [5.41, 5.74) is 1.81. The molecule has 2 aromatic rings. The average Bonchev–Trinajstić information content (AvgIpc) is 3.08. The summed E-state index contributed by atoms with van der Waals surface area (Å²) in [6, 6.07) is 5.77. The van der Waals surface area contributed by atoms with E-state index >= 15 is 0 Å². The maximum absolute atomic E-state index is 13.9. The number of rotatable bonds is 6. The molecular weight excluding hydrogens is 413 g/mol. The third-order valence-electron chi connectivity index (χ3n) is 5.45. The van der Waals surface area contributed by atoms with Gasteiger partial charge in [0.2, 0.25) is 0 Å². The van der Waals surface area contributed by atoms with Crippen LogP contribution >= 0.6 is 0 Å². The Hall–Kier alpha value is -2.74. The average molecular weight is 446 g/mol. The van der Waals surface area contributed by atoms with Crippen LogP contribution in [0.2, 0.25) is 0 Å². The number of carbonyl (C=O) groups excluding carboxylic acids is 2. The molecule has 0 bridgehead atoms. The van der Waals surface area contributed by atoms with E-state index in [-0.39, 0.29) is 18.1 Å². The summed E-state index contributed by atoms with van der Waals surface area (Å²) in [5, 5.41) is 7.69. The molecule has 0 saturated heterocycles. The van der Waals surface area contributed by atoms with Crippen LogP contribution in [0.25, 0.3) is 0 Å². The van der Waals surface area contributed by atoms with Crippen molar-refractivity contribution in [3.8, 4) is 0 Å². The zero-order valence-electron chi connectivity index (χ0n) is 19.1. The van der Waals surface area contributed by atoms with Crippen molar-refractivity contribution in [1.82, 2.24) is 15.1 Å². The van der Waals surface area contributed by atoms with Gasteiger partial charge in [0.1, 0.15) is 11.5 Å². The largest absolute Gasteiger partial charge is 0.461 e. The number of carbonyl (C=O) groups is 2. The number of benzene rings is 1. The minimum absolute atomic E-state index is 0.0799. The van der Waals surface area contributed by atoms with E-state index in [0.29, 0.717) is 44.8 Å². The second-order valence-electron chi connectivity index (χ2n) is 8.81. The lowest BCUT2D eigenvalue weighted by Crippen LogP contribution is -2.28. The zero-order chi connectivity index (χ0) is 23.1. The van der Waals surface area contributed by atoms with Crippen LogP contribution in [0.15, 0.2) is 24.3 Å². The van der Waals surface area contributed by atoms with Crippen LogP contribution in [0.3, 0.4) is 0 Å². The van der Waals surface area contributed by atoms with E-state index in [9.17, 15) is 14.0 Å². The lowest BCUT2D eigenvalue weighted by Gasteiger charge is -2.24. The Morgan fingerprint density at radius 3 is 2.78 bits per heavy atom. The van der Waals surface area contributed by atoms with E-state index in [1.54, 1.807) is 10.7 Å². The number of fused-ring (bicyclic) bond motifs is 1. The van der Waals surface area contributed by atoms with Crippen molar-refractivity contribution in [3.63, 3.8) is 0 Å². The van der Waals surface area contributed by atoms with Gasteiger partial charge in [0, 0.05) is 43.7 Å². The molecule has 0 aliphatic carbocycles. The van der Waals surface area contributed by atoms with E-state index in [2.05, 4.69) is 5.32 Å². The molecule has 174 valence electrons. The lowest BCUT2D eigenvalue weighted by molar-refractivity contribution is 0.0334. The second kappa shape index (κ2) is 10.7. The first-order chi connectivity index (χ1) is 15.3. The number of esters is 1. The highest BCUT2D eigenvalue weighted by Crippen LogP contribution is 2.27. The number of aryl methyl sites for hydroxylation is 1. The normalized spacial score (nSPS) is 15.4. The summed E-state index contributed by atoms with van der Waals surface area (Å²) in [7, 11) is 0. The van der Waals surface area contributed by atoms with Crippen LogP contribution in [-0.4, -0.2) is 48.0 Å². The van der Waals surface area contributed by atoms with Crippen LogP contribution in [-0.2, 0) is 28.9 Å². The topological polar surface area (TPSA) is 82.5 Å². The standard InChI is InChI=1S/C24H32FN3O4/c1-4-28-21-18(10-7-13-31-14-8-12-26-22(21)29)20(27-28)15-24(2,3)16-32-23(30)17-9-5-6-11-19(17)25/h5-6,9,11H,4,7-8,10,12-16H2,1-3H3,(H,26,29). The van der Waals surface area contributed by atoms with Gasteiger partial charge in [0.25, 0.3) is 5.91 Å². The van der Waals surface area contributed by atoms with Gasteiger partial charge in [-0.15, -0.1) is 0 Å². The van der Waals surface area contributed by atoms with Crippen molar-refractivity contribution in [3.05, 3.63) is 52.6 Å². The van der Waals surface area contributed by atoms with Gasteiger partial charge in [-0.3, -0.25) is 9.48 Å². The van der Waals surface area contributed by atoms with Gasteiger partial charge >= 0.3 is 5.97 Å². The maximum atomic E-state index is 13.9. The Balaban J connectivity index is 1.78. The molecule has 1 aromatic carbocycles. The third-order valence-corrected chi connectivity index (χ3v) is 5.45. The molecule has 1 aliphatic heterocycles. The first-order valence-corrected chi connectivity index (χ1v) is 11.2. The van der Waals surface area contributed by atoms with Gasteiger partial charge in [0.15, 0.2) is 0 Å². The number of aromatic nitrogens is 2. The van der Waals surface area contributed by atoms with Crippen molar-refractivity contribution in [2.45, 2.75) is 53.0 Å². The SMILES string of the molecule is CCn1nc(CC(C)(C)COC(=O)c2ccccc2F)c2c1C(=O)NCCCOCCC2. The molecule has 8 heteroatoms. The molecule has 0 radical (unpaired) electrons. The molecule has 0 unspecified atom stereocenters. The number of ether oxygens (including phenoxy) is 2. The van der Waals surface area contributed by atoms with E-state index in [4.69, 9.17) is 14.6 Å².